The van der Waals surface area contributed by atoms with Gasteiger partial charge in [-0.2, -0.15) is 0 Å². The van der Waals surface area contributed by atoms with Crippen LogP contribution in [0.15, 0.2) is 0 Å². The molecular formula is C32H78O8. The van der Waals surface area contributed by atoms with Crippen LogP contribution >= 0.6 is 0 Å². The fraction of sp³-hybridized carbons (Fsp3) is 0.969. The molecule has 1 fully saturated rings. The summed E-state index contributed by atoms with van der Waals surface area (Å²) in [6.45, 7) is 3.41. The van der Waals surface area contributed by atoms with Gasteiger partial charge in [0, 0.05) is 0 Å². The second kappa shape index (κ2) is 34.4. The van der Waals surface area contributed by atoms with Gasteiger partial charge in [-0.05, 0) is 26.7 Å². The van der Waals surface area contributed by atoms with Crippen LogP contribution in [-0.4, -0.2) is 74.4 Å². The van der Waals surface area contributed by atoms with E-state index in [1.165, 1.54) is 44.9 Å². The third-order valence-corrected chi connectivity index (χ3v) is 6.19. The van der Waals surface area contributed by atoms with E-state index in [-0.39, 0.29) is 71.9 Å². The molecule has 1 saturated heterocycles. The highest BCUT2D eigenvalue weighted by Gasteiger charge is 2.43. The third-order valence-electron chi connectivity index (χ3n) is 6.19. The number of aliphatic hydroxyl groups is 4. The fourth-order valence-corrected chi connectivity index (χ4v) is 4.13. The minimum atomic E-state index is -1.42. The SMILES string of the molecule is C.C.C.C.C.C.C.C.CC1OC(O[C@H](CCCCCCCCCCCCC[C@@H](C)O)CC(=O)O)C(O)C(O)C1O. The zero-order chi connectivity index (χ0) is 23.9. The third kappa shape index (κ3) is 26.1. The van der Waals surface area contributed by atoms with E-state index in [0.29, 0.717) is 6.42 Å². The molecule has 0 aromatic rings. The van der Waals surface area contributed by atoms with Crippen molar-refractivity contribution in [3.8, 4) is 0 Å². The second-order valence-corrected chi connectivity index (χ2v) is 9.35. The van der Waals surface area contributed by atoms with Gasteiger partial charge in [0.15, 0.2) is 6.29 Å². The van der Waals surface area contributed by atoms with E-state index in [1.54, 1.807) is 6.92 Å². The first kappa shape index (κ1) is 58.8. The summed E-state index contributed by atoms with van der Waals surface area (Å²) in [5.41, 5.74) is 0. The van der Waals surface area contributed by atoms with Gasteiger partial charge in [-0.25, -0.2) is 0 Å². The maximum atomic E-state index is 11.2. The van der Waals surface area contributed by atoms with Crippen molar-refractivity contribution in [2.75, 3.05) is 0 Å². The predicted molar refractivity (Wildman–Crippen MR) is 175 cm³/mol. The van der Waals surface area contributed by atoms with E-state index in [2.05, 4.69) is 0 Å². The fourth-order valence-electron chi connectivity index (χ4n) is 4.13. The van der Waals surface area contributed by atoms with E-state index in [0.717, 1.165) is 32.1 Å². The Morgan fingerprint density at radius 1 is 0.675 bits per heavy atom. The van der Waals surface area contributed by atoms with Gasteiger partial charge in [-0.1, -0.05) is 130 Å². The van der Waals surface area contributed by atoms with Crippen molar-refractivity contribution >= 4 is 5.97 Å². The van der Waals surface area contributed by atoms with Crippen LogP contribution in [-0.2, 0) is 14.3 Å². The number of unbranched alkanes of at least 4 members (excludes halogenated alkanes) is 10. The molecule has 8 nitrogen and oxygen atoms in total. The first-order valence-electron chi connectivity index (χ1n) is 12.5. The highest BCUT2D eigenvalue weighted by Crippen LogP contribution is 2.25. The van der Waals surface area contributed by atoms with Crippen LogP contribution in [0.4, 0.5) is 0 Å². The number of aliphatic hydroxyl groups excluding tert-OH is 4. The molecule has 1 rings (SSSR count). The van der Waals surface area contributed by atoms with Crippen molar-refractivity contribution in [1.82, 2.24) is 0 Å². The van der Waals surface area contributed by atoms with Gasteiger partial charge in [0.2, 0.25) is 0 Å². The number of hydrogen-bond acceptors (Lipinski definition) is 7. The van der Waals surface area contributed by atoms with E-state index in [9.17, 15) is 25.2 Å². The molecule has 1 heterocycles. The average Bonchev–Trinajstić information content (AvgIpc) is 2.73. The van der Waals surface area contributed by atoms with E-state index in [1.807, 2.05) is 6.92 Å². The van der Waals surface area contributed by atoms with Gasteiger partial charge in [0.1, 0.15) is 18.3 Å². The maximum Gasteiger partial charge on any atom is 0.305 e. The molecular weight excluding hydrogens is 512 g/mol. The average molecular weight is 591 g/mol. The lowest BCUT2D eigenvalue weighted by Crippen LogP contribution is -2.58. The molecule has 0 aliphatic carbocycles. The summed E-state index contributed by atoms with van der Waals surface area (Å²) in [4.78, 5) is 11.2. The van der Waals surface area contributed by atoms with Crippen LogP contribution in [0.3, 0.4) is 0 Å². The lowest BCUT2D eigenvalue weighted by molar-refractivity contribution is -0.304. The van der Waals surface area contributed by atoms with Crippen molar-refractivity contribution < 1.29 is 39.8 Å². The molecule has 0 amide bonds. The van der Waals surface area contributed by atoms with Gasteiger partial charge in [0.05, 0.1) is 24.7 Å². The first-order chi connectivity index (χ1) is 15.2. The van der Waals surface area contributed by atoms with Gasteiger partial charge in [-0.3, -0.25) is 4.79 Å². The molecule has 0 radical (unpaired) electrons. The number of aliphatic carboxylic acids is 1. The summed E-state index contributed by atoms with van der Waals surface area (Å²) in [6.07, 6.45) is 7.15. The zero-order valence-corrected chi connectivity index (χ0v) is 19.9. The van der Waals surface area contributed by atoms with Crippen LogP contribution < -0.4 is 0 Å². The minimum absolute atomic E-state index is 0. The molecule has 0 aromatic carbocycles. The Balaban J connectivity index is -0.000000213. The lowest BCUT2D eigenvalue weighted by Gasteiger charge is -2.40. The van der Waals surface area contributed by atoms with Crippen molar-refractivity contribution in [3.63, 3.8) is 0 Å². The molecule has 0 saturated carbocycles. The molecule has 1 aliphatic heterocycles. The monoisotopic (exact) mass is 591 g/mol. The Morgan fingerprint density at radius 2 is 1.05 bits per heavy atom. The number of carboxylic acids is 1. The molecule has 254 valence electrons. The summed E-state index contributed by atoms with van der Waals surface area (Å²) in [6, 6.07) is 0. The Labute approximate surface area is 251 Å². The number of rotatable bonds is 18. The van der Waals surface area contributed by atoms with Crippen molar-refractivity contribution in [3.05, 3.63) is 0 Å². The van der Waals surface area contributed by atoms with Crippen LogP contribution in [0.25, 0.3) is 0 Å². The molecule has 0 aromatic heterocycles. The summed E-state index contributed by atoms with van der Waals surface area (Å²) >= 11 is 0. The summed E-state index contributed by atoms with van der Waals surface area (Å²) < 4.78 is 11.1. The Bertz CT molecular complexity index is 490. The van der Waals surface area contributed by atoms with Crippen LogP contribution in [0.2, 0.25) is 0 Å². The van der Waals surface area contributed by atoms with E-state index >= 15 is 0 Å². The smallest absolute Gasteiger partial charge is 0.305 e. The number of ether oxygens (including phenoxy) is 2. The second-order valence-electron chi connectivity index (χ2n) is 9.35. The normalized spacial score (nSPS) is 22.3. The van der Waals surface area contributed by atoms with Crippen LogP contribution in [0.5, 0.6) is 0 Å². The maximum absolute atomic E-state index is 11.2. The predicted octanol–water partition coefficient (Wildman–Crippen LogP) is 8.21. The quantitative estimate of drug-likeness (QED) is 0.101. The minimum Gasteiger partial charge on any atom is -0.481 e. The summed E-state index contributed by atoms with van der Waals surface area (Å²) in [5, 5.41) is 48.1. The van der Waals surface area contributed by atoms with Crippen molar-refractivity contribution in [2.24, 2.45) is 0 Å². The van der Waals surface area contributed by atoms with Gasteiger partial charge in [0.25, 0.3) is 0 Å². The molecule has 40 heavy (non-hydrogen) atoms. The first-order valence-corrected chi connectivity index (χ1v) is 12.5. The molecule has 5 unspecified atom stereocenters. The largest absolute Gasteiger partial charge is 0.481 e. The topological polar surface area (TPSA) is 137 Å². The lowest BCUT2D eigenvalue weighted by atomic mass is 9.99. The summed E-state index contributed by atoms with van der Waals surface area (Å²) in [5.74, 6) is -0.986. The van der Waals surface area contributed by atoms with Gasteiger partial charge >= 0.3 is 5.97 Å². The zero-order valence-electron chi connectivity index (χ0n) is 19.9. The Hall–Kier alpha value is -0.770. The molecule has 5 N–H and O–H groups in total. The molecule has 8 heteroatoms. The highest BCUT2D eigenvalue weighted by molar-refractivity contribution is 5.67. The van der Waals surface area contributed by atoms with Crippen LogP contribution in [0.1, 0.15) is 163 Å². The summed E-state index contributed by atoms with van der Waals surface area (Å²) in [7, 11) is 0. The number of hydrogen-bond donors (Lipinski definition) is 5. The molecule has 0 bridgehead atoms. The number of carbonyl (C=O) groups is 1. The van der Waals surface area contributed by atoms with Gasteiger partial charge < -0.3 is 35.0 Å². The Kier molecular flexibility index (Phi) is 50.6. The highest BCUT2D eigenvalue weighted by atomic mass is 16.7. The Morgan fingerprint density at radius 3 is 1.43 bits per heavy atom. The molecule has 1 aliphatic rings. The molecule has 0 spiro atoms. The standard InChI is InChI=1S/C24H46O8.8CH4/c1-17(25)14-12-10-8-6-4-3-5-7-9-11-13-15-19(16-20(26)27)32-24-23(30)22(29)21(28)18(2)31-24;;;;;;;;/h17-19,21-25,28-30H,3-16H2,1-2H3,(H,26,27);8*1H4/t17-,18?,19-,21?,22?,23?,24?;;;;;;;;/m1......../s1. The van der Waals surface area contributed by atoms with Crippen molar-refractivity contribution in [1.29, 1.82) is 0 Å². The van der Waals surface area contributed by atoms with Crippen LogP contribution in [0, 0.1) is 0 Å². The van der Waals surface area contributed by atoms with Crippen molar-refractivity contribution in [2.45, 2.75) is 206 Å². The van der Waals surface area contributed by atoms with Gasteiger partial charge in [-0.15, -0.1) is 0 Å². The number of carboxylic acid groups (broad SMARTS) is 1. The van der Waals surface area contributed by atoms with E-state index in [4.69, 9.17) is 14.6 Å². The molecule has 7 atom stereocenters. The van der Waals surface area contributed by atoms with E-state index < -0.39 is 42.8 Å².